The highest BCUT2D eigenvalue weighted by Gasteiger charge is 2.19. The van der Waals surface area contributed by atoms with Crippen molar-refractivity contribution in [3.8, 4) is 0 Å². The van der Waals surface area contributed by atoms with Crippen molar-refractivity contribution in [2.75, 3.05) is 13.7 Å². The average molecular weight is 279 g/mol. The smallest absolute Gasteiger partial charge is 0.330 e. The predicted molar refractivity (Wildman–Crippen MR) is 75.2 cm³/mol. The second-order valence-electron chi connectivity index (χ2n) is 4.50. The van der Waals surface area contributed by atoms with Crippen molar-refractivity contribution in [2.24, 2.45) is 0 Å². The SMILES string of the molecule is CCc1ccc(CCC(=O)NC(CO)C(=O)OC)cc1. The van der Waals surface area contributed by atoms with Gasteiger partial charge in [-0.2, -0.15) is 0 Å². The fraction of sp³-hybridized carbons (Fsp3) is 0.467. The topological polar surface area (TPSA) is 75.6 Å². The second-order valence-corrected chi connectivity index (χ2v) is 4.50. The first-order chi connectivity index (χ1) is 9.60. The number of rotatable bonds is 7. The minimum Gasteiger partial charge on any atom is -0.467 e. The van der Waals surface area contributed by atoms with Crippen LogP contribution in [0.15, 0.2) is 24.3 Å². The Kier molecular flexibility index (Phi) is 6.73. The number of esters is 1. The van der Waals surface area contributed by atoms with E-state index in [1.165, 1.54) is 12.7 Å². The number of aliphatic hydroxyl groups excluding tert-OH is 1. The van der Waals surface area contributed by atoms with Gasteiger partial charge in [0.15, 0.2) is 6.04 Å². The Labute approximate surface area is 118 Å². The van der Waals surface area contributed by atoms with Crippen LogP contribution in [-0.4, -0.2) is 36.7 Å². The molecule has 1 aromatic carbocycles. The Morgan fingerprint density at radius 1 is 1.25 bits per heavy atom. The fourth-order valence-corrected chi connectivity index (χ4v) is 1.79. The van der Waals surface area contributed by atoms with E-state index in [-0.39, 0.29) is 12.3 Å². The van der Waals surface area contributed by atoms with Crippen LogP contribution in [0.2, 0.25) is 0 Å². The van der Waals surface area contributed by atoms with Gasteiger partial charge >= 0.3 is 5.97 Å². The summed E-state index contributed by atoms with van der Waals surface area (Å²) in [7, 11) is 1.21. The van der Waals surface area contributed by atoms with Gasteiger partial charge in [-0.25, -0.2) is 4.79 Å². The largest absolute Gasteiger partial charge is 0.467 e. The zero-order valence-electron chi connectivity index (χ0n) is 11.9. The molecule has 0 radical (unpaired) electrons. The van der Waals surface area contributed by atoms with Gasteiger partial charge in [0.1, 0.15) is 0 Å². The summed E-state index contributed by atoms with van der Waals surface area (Å²) < 4.78 is 4.48. The number of hydrogen-bond donors (Lipinski definition) is 2. The molecule has 0 aromatic heterocycles. The molecule has 1 rings (SSSR count). The molecule has 0 spiro atoms. The molecule has 1 atom stereocenters. The number of nitrogens with one attached hydrogen (secondary N) is 1. The molecule has 1 aromatic rings. The van der Waals surface area contributed by atoms with E-state index in [9.17, 15) is 9.59 Å². The summed E-state index contributed by atoms with van der Waals surface area (Å²) in [6.07, 6.45) is 1.84. The summed E-state index contributed by atoms with van der Waals surface area (Å²) in [5.41, 5.74) is 2.32. The zero-order chi connectivity index (χ0) is 15.0. The van der Waals surface area contributed by atoms with Crippen LogP contribution in [0.5, 0.6) is 0 Å². The van der Waals surface area contributed by atoms with Gasteiger partial charge in [0.05, 0.1) is 13.7 Å². The number of methoxy groups -OCH3 is 1. The molecule has 0 saturated heterocycles. The first-order valence-electron chi connectivity index (χ1n) is 6.66. The number of benzene rings is 1. The van der Waals surface area contributed by atoms with Crippen molar-refractivity contribution in [3.63, 3.8) is 0 Å². The molecular weight excluding hydrogens is 258 g/mol. The van der Waals surface area contributed by atoms with Crippen molar-refractivity contribution in [3.05, 3.63) is 35.4 Å². The lowest BCUT2D eigenvalue weighted by atomic mass is 10.1. The molecule has 20 heavy (non-hydrogen) atoms. The molecule has 0 heterocycles. The maximum Gasteiger partial charge on any atom is 0.330 e. The summed E-state index contributed by atoms with van der Waals surface area (Å²) in [6, 6.07) is 7.08. The molecule has 5 nitrogen and oxygen atoms in total. The summed E-state index contributed by atoms with van der Waals surface area (Å²) >= 11 is 0. The third-order valence-corrected chi connectivity index (χ3v) is 3.08. The Hall–Kier alpha value is -1.88. The Morgan fingerprint density at radius 2 is 1.85 bits per heavy atom. The van der Waals surface area contributed by atoms with E-state index < -0.39 is 18.6 Å². The summed E-state index contributed by atoms with van der Waals surface area (Å²) in [4.78, 5) is 22.9. The maximum atomic E-state index is 11.7. The normalized spacial score (nSPS) is 11.8. The highest BCUT2D eigenvalue weighted by atomic mass is 16.5. The molecule has 1 amide bonds. The van der Waals surface area contributed by atoms with E-state index in [2.05, 4.69) is 17.0 Å². The second kappa shape index (κ2) is 8.32. The van der Waals surface area contributed by atoms with Gasteiger partial charge in [-0.15, -0.1) is 0 Å². The minimum atomic E-state index is -0.991. The van der Waals surface area contributed by atoms with Crippen LogP contribution in [-0.2, 0) is 27.2 Å². The Bertz CT molecular complexity index is 442. The third-order valence-electron chi connectivity index (χ3n) is 3.08. The summed E-state index contributed by atoms with van der Waals surface area (Å²) in [6.45, 7) is 1.62. The molecule has 5 heteroatoms. The monoisotopic (exact) mass is 279 g/mol. The number of aryl methyl sites for hydroxylation is 2. The maximum absolute atomic E-state index is 11.7. The van der Waals surface area contributed by atoms with Crippen LogP contribution in [0, 0.1) is 0 Å². The molecule has 0 fully saturated rings. The zero-order valence-corrected chi connectivity index (χ0v) is 11.9. The van der Waals surface area contributed by atoms with Crippen LogP contribution in [0.3, 0.4) is 0 Å². The van der Waals surface area contributed by atoms with Gasteiger partial charge in [0.25, 0.3) is 0 Å². The number of hydrogen-bond acceptors (Lipinski definition) is 4. The summed E-state index contributed by atoms with van der Waals surface area (Å²) in [5.74, 6) is -0.929. The van der Waals surface area contributed by atoms with Gasteiger partial charge in [-0.3, -0.25) is 4.79 Å². The lowest BCUT2D eigenvalue weighted by Crippen LogP contribution is -2.44. The summed E-state index contributed by atoms with van der Waals surface area (Å²) in [5, 5.41) is 11.5. The molecule has 110 valence electrons. The highest BCUT2D eigenvalue weighted by Crippen LogP contribution is 2.07. The molecule has 0 bridgehead atoms. The van der Waals surface area contributed by atoms with Crippen molar-refractivity contribution in [2.45, 2.75) is 32.2 Å². The number of ether oxygens (including phenoxy) is 1. The number of carbonyl (C=O) groups is 2. The van der Waals surface area contributed by atoms with Gasteiger partial charge in [0, 0.05) is 6.42 Å². The molecule has 0 saturated carbocycles. The van der Waals surface area contributed by atoms with Crippen molar-refractivity contribution in [1.29, 1.82) is 0 Å². The predicted octanol–water partition coefficient (Wildman–Crippen LogP) is 0.832. The van der Waals surface area contributed by atoms with Crippen LogP contribution in [0.1, 0.15) is 24.5 Å². The molecule has 0 aliphatic rings. The molecular formula is C15H21NO4. The van der Waals surface area contributed by atoms with Gasteiger partial charge in [0.2, 0.25) is 5.91 Å². The Morgan fingerprint density at radius 3 is 2.35 bits per heavy atom. The standard InChI is InChI=1S/C15H21NO4/c1-3-11-4-6-12(7-5-11)8-9-14(18)16-13(10-17)15(19)20-2/h4-7,13,17H,3,8-10H2,1-2H3,(H,16,18). The molecule has 0 aliphatic heterocycles. The lowest BCUT2D eigenvalue weighted by molar-refractivity contribution is -0.146. The van der Waals surface area contributed by atoms with Crippen LogP contribution in [0.4, 0.5) is 0 Å². The minimum absolute atomic E-state index is 0.263. The van der Waals surface area contributed by atoms with Gasteiger partial charge in [-0.1, -0.05) is 31.2 Å². The number of carbonyl (C=O) groups excluding carboxylic acids is 2. The van der Waals surface area contributed by atoms with E-state index in [1.807, 2.05) is 24.3 Å². The molecule has 0 aliphatic carbocycles. The van der Waals surface area contributed by atoms with Gasteiger partial charge < -0.3 is 15.2 Å². The van der Waals surface area contributed by atoms with Gasteiger partial charge in [-0.05, 0) is 24.0 Å². The van der Waals surface area contributed by atoms with Crippen LogP contribution >= 0.6 is 0 Å². The quantitative estimate of drug-likeness (QED) is 0.725. The van der Waals surface area contributed by atoms with E-state index in [1.54, 1.807) is 0 Å². The van der Waals surface area contributed by atoms with E-state index in [0.717, 1.165) is 12.0 Å². The lowest BCUT2D eigenvalue weighted by Gasteiger charge is -2.13. The first kappa shape index (κ1) is 16.2. The van der Waals surface area contributed by atoms with E-state index in [0.29, 0.717) is 6.42 Å². The fourth-order valence-electron chi connectivity index (χ4n) is 1.79. The van der Waals surface area contributed by atoms with E-state index in [4.69, 9.17) is 5.11 Å². The first-order valence-corrected chi connectivity index (χ1v) is 6.66. The highest BCUT2D eigenvalue weighted by molar-refractivity contribution is 5.84. The van der Waals surface area contributed by atoms with Crippen molar-refractivity contribution < 1.29 is 19.4 Å². The third kappa shape index (κ3) is 5.01. The number of amides is 1. The van der Waals surface area contributed by atoms with Crippen molar-refractivity contribution >= 4 is 11.9 Å². The van der Waals surface area contributed by atoms with Crippen molar-refractivity contribution in [1.82, 2.24) is 5.32 Å². The molecule has 2 N–H and O–H groups in total. The van der Waals surface area contributed by atoms with E-state index >= 15 is 0 Å². The van der Waals surface area contributed by atoms with Crippen LogP contribution in [0.25, 0.3) is 0 Å². The average Bonchev–Trinajstić information content (AvgIpc) is 2.50. The Balaban J connectivity index is 2.43. The molecule has 1 unspecified atom stereocenters. The number of aliphatic hydroxyl groups is 1. The van der Waals surface area contributed by atoms with Crippen LogP contribution < -0.4 is 5.32 Å².